The van der Waals surface area contributed by atoms with Gasteiger partial charge in [-0.25, -0.2) is 5.10 Å². The molecule has 1 amide bonds. The first-order valence-electron chi connectivity index (χ1n) is 6.68. The van der Waals surface area contributed by atoms with Crippen LogP contribution in [0, 0.1) is 5.92 Å². The first-order valence-corrected chi connectivity index (χ1v) is 6.68. The van der Waals surface area contributed by atoms with Gasteiger partial charge in [-0.3, -0.25) is 9.59 Å². The maximum Gasteiger partial charge on any atom is 0.264 e. The number of nitrogens with one attached hydrogen (secondary N) is 1. The Balaban J connectivity index is 1.74. The Labute approximate surface area is 110 Å². The summed E-state index contributed by atoms with van der Waals surface area (Å²) in [5.74, 6) is 0.170. The number of amides is 1. The van der Waals surface area contributed by atoms with Gasteiger partial charge in [-0.05, 0) is 24.8 Å². The summed E-state index contributed by atoms with van der Waals surface area (Å²) in [7, 11) is 0. The highest BCUT2D eigenvalue weighted by Crippen LogP contribution is 2.24. The minimum absolute atomic E-state index is 0.0193. The third-order valence-electron chi connectivity index (χ3n) is 3.84. The van der Waals surface area contributed by atoms with Crippen LogP contribution in [0.5, 0.6) is 0 Å². The second kappa shape index (κ2) is 5.13. The number of aromatic amines is 1. The second-order valence-corrected chi connectivity index (χ2v) is 5.08. The summed E-state index contributed by atoms with van der Waals surface area (Å²) in [6.45, 7) is 2.60. The Hall–Kier alpha value is -1.69. The normalized spacial score (nSPS) is 22.9. The van der Waals surface area contributed by atoms with E-state index in [9.17, 15) is 9.59 Å². The van der Waals surface area contributed by atoms with Crippen molar-refractivity contribution in [2.24, 2.45) is 5.92 Å². The molecule has 0 radical (unpaired) electrons. The second-order valence-electron chi connectivity index (χ2n) is 5.08. The molecule has 1 aliphatic heterocycles. The van der Waals surface area contributed by atoms with Gasteiger partial charge in [-0.1, -0.05) is 0 Å². The number of aryl methyl sites for hydroxylation is 1. The summed E-state index contributed by atoms with van der Waals surface area (Å²) in [6, 6.07) is 1.57. The van der Waals surface area contributed by atoms with Crippen molar-refractivity contribution in [3.8, 4) is 0 Å². The zero-order valence-corrected chi connectivity index (χ0v) is 10.7. The Morgan fingerprint density at radius 3 is 3.00 bits per heavy atom. The summed E-state index contributed by atoms with van der Waals surface area (Å²) in [5, 5.41) is 6.49. The Morgan fingerprint density at radius 1 is 1.42 bits per heavy atom. The molecule has 1 fully saturated rings. The van der Waals surface area contributed by atoms with Crippen LogP contribution in [-0.2, 0) is 22.4 Å². The van der Waals surface area contributed by atoms with Gasteiger partial charge in [0.25, 0.3) is 5.56 Å². The van der Waals surface area contributed by atoms with Crippen LogP contribution in [0.3, 0.4) is 0 Å². The molecule has 1 N–H and O–H groups in total. The van der Waals surface area contributed by atoms with E-state index in [1.54, 1.807) is 6.07 Å². The highest BCUT2D eigenvalue weighted by atomic mass is 16.5. The molecule has 1 aromatic rings. The average molecular weight is 263 g/mol. The monoisotopic (exact) mass is 263 g/mol. The summed E-state index contributed by atoms with van der Waals surface area (Å²) in [5.41, 5.74) is 1.64. The van der Waals surface area contributed by atoms with Crippen molar-refractivity contribution < 1.29 is 9.53 Å². The van der Waals surface area contributed by atoms with Crippen LogP contribution >= 0.6 is 0 Å². The number of rotatable bonds is 1. The van der Waals surface area contributed by atoms with E-state index in [1.165, 1.54) is 0 Å². The zero-order valence-electron chi connectivity index (χ0n) is 10.7. The predicted octanol–water partition coefficient (Wildman–Crippen LogP) is -0.266. The molecule has 0 spiro atoms. The van der Waals surface area contributed by atoms with Gasteiger partial charge in [0.2, 0.25) is 5.91 Å². The highest BCUT2D eigenvalue weighted by molar-refractivity contribution is 5.79. The molecule has 0 aromatic carbocycles. The van der Waals surface area contributed by atoms with Gasteiger partial charge < -0.3 is 9.64 Å². The first kappa shape index (κ1) is 12.3. The summed E-state index contributed by atoms with van der Waals surface area (Å²) in [4.78, 5) is 25.6. The fraction of sp³-hybridized carbons (Fsp3) is 0.615. The number of aromatic nitrogens is 2. The van der Waals surface area contributed by atoms with Crippen LogP contribution in [0.4, 0.5) is 0 Å². The maximum absolute atomic E-state index is 12.4. The van der Waals surface area contributed by atoms with Crippen LogP contribution in [-0.4, -0.2) is 47.3 Å². The molecule has 0 saturated carbocycles. The van der Waals surface area contributed by atoms with E-state index in [4.69, 9.17) is 4.74 Å². The SMILES string of the molecule is O=C([C@H]1CCc2n[nH]c(=O)cc2C1)N1CCOCC1. The summed E-state index contributed by atoms with van der Waals surface area (Å²) >= 11 is 0. The molecule has 102 valence electrons. The fourth-order valence-electron chi connectivity index (χ4n) is 2.79. The van der Waals surface area contributed by atoms with Crippen LogP contribution < -0.4 is 5.56 Å². The lowest BCUT2D eigenvalue weighted by Gasteiger charge is -2.32. The van der Waals surface area contributed by atoms with E-state index in [2.05, 4.69) is 10.2 Å². The third kappa shape index (κ3) is 2.53. The van der Waals surface area contributed by atoms with Gasteiger partial charge in [0.1, 0.15) is 0 Å². The van der Waals surface area contributed by atoms with Crippen LogP contribution in [0.25, 0.3) is 0 Å². The maximum atomic E-state index is 12.4. The van der Waals surface area contributed by atoms with Gasteiger partial charge in [0.05, 0.1) is 18.9 Å². The first-order chi connectivity index (χ1) is 9.24. The molecule has 6 nitrogen and oxygen atoms in total. The van der Waals surface area contributed by atoms with Gasteiger partial charge in [-0.15, -0.1) is 0 Å². The van der Waals surface area contributed by atoms with E-state index < -0.39 is 0 Å². The number of nitrogens with zero attached hydrogens (tertiary/aromatic N) is 2. The largest absolute Gasteiger partial charge is 0.378 e. The highest BCUT2D eigenvalue weighted by Gasteiger charge is 2.29. The minimum atomic E-state index is -0.196. The lowest BCUT2D eigenvalue weighted by molar-refractivity contribution is -0.140. The molecule has 0 bridgehead atoms. The van der Waals surface area contributed by atoms with Crippen molar-refractivity contribution in [2.75, 3.05) is 26.3 Å². The fourth-order valence-corrected chi connectivity index (χ4v) is 2.79. The number of hydrogen-bond donors (Lipinski definition) is 1. The van der Waals surface area contributed by atoms with Crippen molar-refractivity contribution in [3.05, 3.63) is 27.7 Å². The molecule has 0 unspecified atom stereocenters. The average Bonchev–Trinajstić information content (AvgIpc) is 2.46. The lowest BCUT2D eigenvalue weighted by atomic mass is 9.86. The van der Waals surface area contributed by atoms with Crippen molar-refractivity contribution in [3.63, 3.8) is 0 Å². The molecule has 1 saturated heterocycles. The molecular formula is C13H17N3O3. The topological polar surface area (TPSA) is 75.3 Å². The predicted molar refractivity (Wildman–Crippen MR) is 67.8 cm³/mol. The zero-order chi connectivity index (χ0) is 13.2. The van der Waals surface area contributed by atoms with E-state index >= 15 is 0 Å². The number of hydrogen-bond acceptors (Lipinski definition) is 4. The Kier molecular flexibility index (Phi) is 3.33. The van der Waals surface area contributed by atoms with E-state index in [1.807, 2.05) is 4.90 Å². The van der Waals surface area contributed by atoms with Crippen LogP contribution in [0.2, 0.25) is 0 Å². The molecule has 2 heterocycles. The van der Waals surface area contributed by atoms with Gasteiger partial charge in [0.15, 0.2) is 0 Å². The van der Waals surface area contributed by atoms with Crippen molar-refractivity contribution in [1.82, 2.24) is 15.1 Å². The number of carbonyl (C=O) groups excluding carboxylic acids is 1. The number of fused-ring (bicyclic) bond motifs is 1. The van der Waals surface area contributed by atoms with E-state index in [0.29, 0.717) is 32.7 Å². The van der Waals surface area contributed by atoms with Crippen molar-refractivity contribution in [2.45, 2.75) is 19.3 Å². The van der Waals surface area contributed by atoms with Crippen molar-refractivity contribution >= 4 is 5.91 Å². The number of morpholine rings is 1. The molecule has 1 atom stereocenters. The van der Waals surface area contributed by atoms with Crippen LogP contribution in [0.1, 0.15) is 17.7 Å². The van der Waals surface area contributed by atoms with E-state index in [0.717, 1.165) is 24.1 Å². The number of carbonyl (C=O) groups is 1. The van der Waals surface area contributed by atoms with Crippen molar-refractivity contribution in [1.29, 1.82) is 0 Å². The van der Waals surface area contributed by atoms with Gasteiger partial charge in [-0.2, -0.15) is 5.10 Å². The molecular weight excluding hydrogens is 246 g/mol. The quantitative estimate of drug-likeness (QED) is 0.757. The molecule has 19 heavy (non-hydrogen) atoms. The van der Waals surface area contributed by atoms with Crippen LogP contribution in [0.15, 0.2) is 10.9 Å². The van der Waals surface area contributed by atoms with E-state index in [-0.39, 0.29) is 17.4 Å². The molecule has 1 aromatic heterocycles. The molecule has 2 aliphatic rings. The molecule has 6 heteroatoms. The van der Waals surface area contributed by atoms with Gasteiger partial charge in [0, 0.05) is 25.1 Å². The summed E-state index contributed by atoms with van der Waals surface area (Å²) < 4.78 is 5.26. The minimum Gasteiger partial charge on any atom is -0.378 e. The van der Waals surface area contributed by atoms with Gasteiger partial charge >= 0.3 is 0 Å². The summed E-state index contributed by atoms with van der Waals surface area (Å²) in [6.07, 6.45) is 2.19. The standard InChI is InChI=1S/C13H17N3O3/c17-12-8-10-7-9(1-2-11(10)14-15-12)13(18)16-3-5-19-6-4-16/h8-9H,1-7H2,(H,15,17)/t9-/m0/s1. The third-order valence-corrected chi connectivity index (χ3v) is 3.84. The number of ether oxygens (including phenoxy) is 1. The Bertz CT molecular complexity index is 534. The molecule has 3 rings (SSSR count). The number of H-pyrrole nitrogens is 1. The smallest absolute Gasteiger partial charge is 0.264 e. The molecule has 1 aliphatic carbocycles. The lowest BCUT2D eigenvalue weighted by Crippen LogP contribution is -2.45. The Morgan fingerprint density at radius 2 is 2.21 bits per heavy atom.